The lowest BCUT2D eigenvalue weighted by molar-refractivity contribution is -0.0540. The van der Waals surface area contributed by atoms with E-state index in [0.717, 1.165) is 5.56 Å². The van der Waals surface area contributed by atoms with Gasteiger partial charge < -0.3 is 0 Å². The van der Waals surface area contributed by atoms with E-state index in [1.165, 1.54) is 0 Å². The SMILES string of the molecule is O=S(=O)(ON=C1CCc2ccccc21)C(F)(F)F. The molecule has 0 heterocycles. The lowest BCUT2D eigenvalue weighted by Gasteiger charge is -2.05. The van der Waals surface area contributed by atoms with Gasteiger partial charge in [0, 0.05) is 5.56 Å². The molecule has 0 radical (unpaired) electrons. The van der Waals surface area contributed by atoms with Crippen molar-refractivity contribution in [3.63, 3.8) is 0 Å². The second-order valence-corrected chi connectivity index (χ2v) is 5.19. The highest BCUT2D eigenvalue weighted by Crippen LogP contribution is 2.27. The molecule has 4 nitrogen and oxygen atoms in total. The van der Waals surface area contributed by atoms with Crippen LogP contribution in [0.15, 0.2) is 29.4 Å². The molecule has 0 amide bonds. The molecule has 0 aromatic heterocycles. The molecule has 1 aliphatic carbocycles. The van der Waals surface area contributed by atoms with Crippen LogP contribution in [0.1, 0.15) is 17.5 Å². The van der Waals surface area contributed by atoms with E-state index < -0.39 is 15.6 Å². The van der Waals surface area contributed by atoms with E-state index >= 15 is 0 Å². The van der Waals surface area contributed by atoms with Crippen LogP contribution < -0.4 is 0 Å². The molecule has 1 aromatic carbocycles. The maximum absolute atomic E-state index is 12.0. The number of aryl methyl sites for hydroxylation is 1. The number of nitrogens with zero attached hydrogens (tertiary/aromatic N) is 1. The summed E-state index contributed by atoms with van der Waals surface area (Å²) in [6.45, 7) is 0. The Hall–Kier alpha value is -1.57. The van der Waals surface area contributed by atoms with Crippen molar-refractivity contribution < 1.29 is 25.9 Å². The summed E-state index contributed by atoms with van der Waals surface area (Å²) >= 11 is 0. The third kappa shape index (κ3) is 2.33. The molecule has 0 saturated carbocycles. The fraction of sp³-hybridized carbons (Fsp3) is 0.300. The summed E-state index contributed by atoms with van der Waals surface area (Å²) in [6.07, 6.45) is 0.956. The smallest absolute Gasteiger partial charge is 0.262 e. The average Bonchev–Trinajstić information content (AvgIpc) is 2.68. The fourth-order valence-electron chi connectivity index (χ4n) is 1.64. The van der Waals surface area contributed by atoms with Crippen LogP contribution in [0.25, 0.3) is 0 Å². The maximum Gasteiger partial charge on any atom is 0.536 e. The molecule has 0 N–H and O–H groups in total. The van der Waals surface area contributed by atoms with E-state index in [-0.39, 0.29) is 5.71 Å². The van der Waals surface area contributed by atoms with Gasteiger partial charge in [0.25, 0.3) is 0 Å². The number of hydrogen-bond donors (Lipinski definition) is 0. The third-order valence-corrected chi connectivity index (χ3v) is 3.33. The zero-order chi connectivity index (χ0) is 13.4. The molecule has 0 saturated heterocycles. The second-order valence-electron chi connectivity index (χ2n) is 3.67. The topological polar surface area (TPSA) is 55.7 Å². The molecule has 1 aromatic rings. The first kappa shape index (κ1) is 12.9. The molecule has 0 fully saturated rings. The van der Waals surface area contributed by atoms with Gasteiger partial charge in [-0.1, -0.05) is 29.4 Å². The van der Waals surface area contributed by atoms with Crippen molar-refractivity contribution in [1.82, 2.24) is 0 Å². The van der Waals surface area contributed by atoms with Crippen LogP contribution in [0, 0.1) is 0 Å². The first-order valence-corrected chi connectivity index (χ1v) is 6.37. The van der Waals surface area contributed by atoms with E-state index in [2.05, 4.69) is 9.44 Å². The number of alkyl halides is 3. The van der Waals surface area contributed by atoms with Crippen molar-refractivity contribution in [3.8, 4) is 0 Å². The fourth-order valence-corrected chi connectivity index (χ4v) is 1.91. The van der Waals surface area contributed by atoms with E-state index in [4.69, 9.17) is 0 Å². The minimum Gasteiger partial charge on any atom is -0.262 e. The largest absolute Gasteiger partial charge is 0.536 e. The molecule has 2 rings (SSSR count). The van der Waals surface area contributed by atoms with Crippen molar-refractivity contribution in [1.29, 1.82) is 0 Å². The van der Waals surface area contributed by atoms with Gasteiger partial charge in [0.05, 0.1) is 5.71 Å². The maximum atomic E-state index is 12.0. The van der Waals surface area contributed by atoms with Crippen molar-refractivity contribution in [2.45, 2.75) is 18.3 Å². The highest BCUT2D eigenvalue weighted by atomic mass is 32.2. The van der Waals surface area contributed by atoms with Gasteiger partial charge in [-0.3, -0.25) is 4.28 Å². The molecule has 1 aliphatic rings. The quantitative estimate of drug-likeness (QED) is 0.616. The predicted octanol–water partition coefficient (Wildman–Crippen LogP) is 2.20. The van der Waals surface area contributed by atoms with Crippen LogP contribution in [-0.4, -0.2) is 19.6 Å². The van der Waals surface area contributed by atoms with E-state index in [9.17, 15) is 21.6 Å². The van der Waals surface area contributed by atoms with E-state index in [1.807, 2.05) is 0 Å². The van der Waals surface area contributed by atoms with Gasteiger partial charge in [-0.05, 0) is 18.4 Å². The Morgan fingerprint density at radius 3 is 2.50 bits per heavy atom. The van der Waals surface area contributed by atoms with Crippen molar-refractivity contribution in [2.75, 3.05) is 0 Å². The van der Waals surface area contributed by atoms with Gasteiger partial charge in [0.1, 0.15) is 0 Å². The average molecular weight is 279 g/mol. The Labute approximate surface area is 101 Å². The highest BCUT2D eigenvalue weighted by Gasteiger charge is 2.49. The summed E-state index contributed by atoms with van der Waals surface area (Å²) in [5.41, 5.74) is -3.73. The Morgan fingerprint density at radius 1 is 1.17 bits per heavy atom. The summed E-state index contributed by atoms with van der Waals surface area (Å²) < 4.78 is 61.1. The molecule has 8 heteroatoms. The summed E-state index contributed by atoms with van der Waals surface area (Å²) in [5.74, 6) is 0. The normalized spacial score (nSPS) is 17.8. The predicted molar refractivity (Wildman–Crippen MR) is 57.4 cm³/mol. The van der Waals surface area contributed by atoms with Crippen LogP contribution in [0.5, 0.6) is 0 Å². The van der Waals surface area contributed by atoms with Gasteiger partial charge in [0.15, 0.2) is 0 Å². The number of rotatable bonds is 2. The number of oxime groups is 1. The first-order chi connectivity index (χ1) is 8.31. The lowest BCUT2D eigenvalue weighted by Crippen LogP contribution is -2.24. The van der Waals surface area contributed by atoms with Gasteiger partial charge in [-0.2, -0.15) is 21.6 Å². The van der Waals surface area contributed by atoms with Crippen LogP contribution in [0.3, 0.4) is 0 Å². The number of benzene rings is 1. The van der Waals surface area contributed by atoms with Gasteiger partial charge in [-0.25, -0.2) is 0 Å². The number of fused-ring (bicyclic) bond motifs is 1. The lowest BCUT2D eigenvalue weighted by atomic mass is 10.1. The van der Waals surface area contributed by atoms with Crippen LogP contribution in [0.4, 0.5) is 13.2 Å². The molecule has 0 aliphatic heterocycles. The molecular weight excluding hydrogens is 271 g/mol. The molecule has 0 atom stereocenters. The summed E-state index contributed by atoms with van der Waals surface area (Å²) in [6, 6.07) is 6.94. The Bertz CT molecular complexity index is 593. The van der Waals surface area contributed by atoms with Crippen LogP contribution >= 0.6 is 0 Å². The first-order valence-electron chi connectivity index (χ1n) is 4.96. The molecule has 0 bridgehead atoms. The summed E-state index contributed by atoms with van der Waals surface area (Å²) in [7, 11) is -5.68. The van der Waals surface area contributed by atoms with Gasteiger partial charge >= 0.3 is 15.6 Å². The van der Waals surface area contributed by atoms with Crippen LogP contribution in [0.2, 0.25) is 0 Å². The molecule has 98 valence electrons. The minimum absolute atomic E-state index is 0.207. The van der Waals surface area contributed by atoms with Gasteiger partial charge in [0.2, 0.25) is 0 Å². The standard InChI is InChI=1S/C10H8F3NO3S/c11-10(12,13)18(15,16)17-14-9-6-5-7-3-1-2-4-8(7)9/h1-4H,5-6H2. The minimum atomic E-state index is -5.68. The molecule has 0 spiro atoms. The van der Waals surface area contributed by atoms with Crippen molar-refractivity contribution in [3.05, 3.63) is 35.4 Å². The number of halogens is 3. The Kier molecular flexibility index (Phi) is 3.05. The molecule has 18 heavy (non-hydrogen) atoms. The van der Waals surface area contributed by atoms with Gasteiger partial charge in [-0.15, -0.1) is 0 Å². The Morgan fingerprint density at radius 2 is 1.83 bits per heavy atom. The van der Waals surface area contributed by atoms with Crippen molar-refractivity contribution in [2.24, 2.45) is 5.16 Å². The van der Waals surface area contributed by atoms with E-state index in [0.29, 0.717) is 18.4 Å². The second kappa shape index (κ2) is 4.27. The molecule has 0 unspecified atom stereocenters. The van der Waals surface area contributed by atoms with Crippen LogP contribution in [-0.2, 0) is 20.8 Å². The summed E-state index contributed by atoms with van der Waals surface area (Å²) in [5, 5.41) is 3.11. The molecular formula is C10H8F3NO3S. The monoisotopic (exact) mass is 279 g/mol. The Balaban J connectivity index is 2.24. The highest BCUT2D eigenvalue weighted by molar-refractivity contribution is 7.87. The third-order valence-electron chi connectivity index (χ3n) is 2.49. The zero-order valence-corrected chi connectivity index (χ0v) is 9.75. The number of hydrogen-bond acceptors (Lipinski definition) is 4. The summed E-state index contributed by atoms with van der Waals surface area (Å²) in [4.78, 5) is 0. The van der Waals surface area contributed by atoms with Crippen molar-refractivity contribution >= 4 is 15.8 Å². The zero-order valence-electron chi connectivity index (χ0n) is 8.94. The van der Waals surface area contributed by atoms with E-state index in [1.54, 1.807) is 24.3 Å².